The van der Waals surface area contributed by atoms with E-state index in [0.717, 1.165) is 19.3 Å². The lowest BCUT2D eigenvalue weighted by atomic mass is 10.2. The van der Waals surface area contributed by atoms with Crippen LogP contribution in [0, 0.1) is 0 Å². The van der Waals surface area contributed by atoms with Crippen LogP contribution in [0.2, 0.25) is 0 Å². The van der Waals surface area contributed by atoms with Gasteiger partial charge in [-0.25, -0.2) is 8.42 Å². The zero-order valence-corrected chi connectivity index (χ0v) is 20.1. The number of furan rings is 1. The second-order valence-corrected chi connectivity index (χ2v) is 10.1. The van der Waals surface area contributed by atoms with E-state index in [1.165, 1.54) is 22.7 Å². The van der Waals surface area contributed by atoms with Crippen LogP contribution in [0.25, 0.3) is 0 Å². The number of carbonyl (C=O) groups is 2. The minimum atomic E-state index is -3.52. The summed E-state index contributed by atoms with van der Waals surface area (Å²) in [5.74, 6) is -0.0997. The molecule has 0 aliphatic carbocycles. The van der Waals surface area contributed by atoms with Gasteiger partial charge in [-0.15, -0.1) is 0 Å². The summed E-state index contributed by atoms with van der Waals surface area (Å²) in [7, 11) is -3.52. The van der Waals surface area contributed by atoms with Crippen molar-refractivity contribution in [1.29, 1.82) is 0 Å². The SMILES string of the molecule is C[C@H](Oc1ccc(NC(=O)c2ccco2)cc1)C(=O)Nc1ccc(S(=O)(=O)N2CCCCC2)cc1. The van der Waals surface area contributed by atoms with E-state index in [2.05, 4.69) is 10.6 Å². The number of nitrogens with zero attached hydrogens (tertiary/aromatic N) is 1. The molecular weight excluding hydrogens is 470 g/mol. The predicted octanol–water partition coefficient (Wildman–Crippen LogP) is 4.11. The van der Waals surface area contributed by atoms with Gasteiger partial charge in [-0.1, -0.05) is 6.42 Å². The average Bonchev–Trinajstić information content (AvgIpc) is 3.41. The summed E-state index contributed by atoms with van der Waals surface area (Å²) in [6.45, 7) is 2.68. The molecule has 184 valence electrons. The van der Waals surface area contributed by atoms with Gasteiger partial charge in [0.2, 0.25) is 10.0 Å². The van der Waals surface area contributed by atoms with E-state index in [0.29, 0.717) is 30.2 Å². The van der Waals surface area contributed by atoms with Crippen molar-refractivity contribution >= 4 is 33.2 Å². The van der Waals surface area contributed by atoms with Crippen molar-refractivity contribution in [2.75, 3.05) is 23.7 Å². The van der Waals surface area contributed by atoms with Crippen molar-refractivity contribution < 1.29 is 27.2 Å². The number of nitrogens with one attached hydrogen (secondary N) is 2. The Kier molecular flexibility index (Phi) is 7.52. The lowest BCUT2D eigenvalue weighted by Crippen LogP contribution is -2.35. The van der Waals surface area contributed by atoms with Gasteiger partial charge in [0.25, 0.3) is 11.8 Å². The molecule has 1 atom stereocenters. The number of sulfonamides is 1. The number of hydrogen-bond donors (Lipinski definition) is 2. The number of piperidine rings is 1. The first kappa shape index (κ1) is 24.5. The molecule has 1 aliphatic heterocycles. The smallest absolute Gasteiger partial charge is 0.291 e. The lowest BCUT2D eigenvalue weighted by Gasteiger charge is -2.25. The van der Waals surface area contributed by atoms with Crippen molar-refractivity contribution in [3.8, 4) is 5.75 Å². The van der Waals surface area contributed by atoms with Crippen molar-refractivity contribution in [3.63, 3.8) is 0 Å². The van der Waals surface area contributed by atoms with Gasteiger partial charge in [0.15, 0.2) is 11.9 Å². The van der Waals surface area contributed by atoms with Crippen LogP contribution >= 0.6 is 0 Å². The summed E-state index contributed by atoms with van der Waals surface area (Å²) in [6, 6.07) is 15.9. The van der Waals surface area contributed by atoms with Crippen LogP contribution < -0.4 is 15.4 Å². The molecule has 3 aromatic rings. The molecule has 1 fully saturated rings. The van der Waals surface area contributed by atoms with Crippen LogP contribution in [0.1, 0.15) is 36.7 Å². The molecule has 0 saturated carbocycles. The van der Waals surface area contributed by atoms with Crippen LogP contribution in [0.15, 0.2) is 76.2 Å². The normalized spacial score (nSPS) is 15.2. The van der Waals surface area contributed by atoms with Crippen molar-refractivity contribution in [2.24, 2.45) is 0 Å². The van der Waals surface area contributed by atoms with E-state index >= 15 is 0 Å². The summed E-state index contributed by atoms with van der Waals surface area (Å²) in [5.41, 5.74) is 1.02. The fourth-order valence-electron chi connectivity index (χ4n) is 3.68. The summed E-state index contributed by atoms with van der Waals surface area (Å²) >= 11 is 0. The number of rotatable bonds is 8. The van der Waals surface area contributed by atoms with E-state index in [9.17, 15) is 18.0 Å². The Balaban J connectivity index is 1.30. The minimum absolute atomic E-state index is 0.202. The molecule has 2 amide bonds. The maximum absolute atomic E-state index is 12.8. The van der Waals surface area contributed by atoms with Crippen molar-refractivity contribution in [2.45, 2.75) is 37.2 Å². The molecule has 9 nitrogen and oxygen atoms in total. The highest BCUT2D eigenvalue weighted by Crippen LogP contribution is 2.23. The molecule has 2 heterocycles. The third-order valence-corrected chi connectivity index (χ3v) is 7.53. The van der Waals surface area contributed by atoms with Crippen molar-refractivity contribution in [1.82, 2.24) is 4.31 Å². The first-order chi connectivity index (χ1) is 16.8. The number of carbonyl (C=O) groups excluding carboxylic acids is 2. The summed E-state index contributed by atoms with van der Waals surface area (Å²) < 4.78 is 37.8. The quantitative estimate of drug-likeness (QED) is 0.484. The topological polar surface area (TPSA) is 118 Å². The monoisotopic (exact) mass is 497 g/mol. The van der Waals surface area contributed by atoms with E-state index in [4.69, 9.17) is 9.15 Å². The first-order valence-electron chi connectivity index (χ1n) is 11.4. The Morgan fingerprint density at radius 1 is 0.914 bits per heavy atom. The fraction of sp³-hybridized carbons (Fsp3) is 0.280. The standard InChI is InChI=1S/C25H27N3O6S/c1-18(34-21-11-7-19(8-12-21)27-25(30)23-6-5-17-33-23)24(29)26-20-9-13-22(14-10-20)35(31,32)28-15-3-2-4-16-28/h5-14,17-18H,2-4,15-16H2,1H3,(H,26,29)(H,27,30)/t18-/m0/s1. The maximum Gasteiger partial charge on any atom is 0.291 e. The Hall–Kier alpha value is -3.63. The van der Waals surface area contributed by atoms with Gasteiger partial charge in [-0.3, -0.25) is 9.59 Å². The Morgan fingerprint density at radius 3 is 2.17 bits per heavy atom. The second-order valence-electron chi connectivity index (χ2n) is 8.19. The van der Waals surface area contributed by atoms with Crippen LogP contribution in [-0.4, -0.2) is 43.7 Å². The van der Waals surface area contributed by atoms with E-state index in [1.807, 2.05) is 0 Å². The summed E-state index contributed by atoms with van der Waals surface area (Å²) in [5, 5.41) is 5.44. The minimum Gasteiger partial charge on any atom is -0.481 e. The summed E-state index contributed by atoms with van der Waals surface area (Å²) in [4.78, 5) is 24.8. The zero-order chi connectivity index (χ0) is 24.8. The molecule has 1 aromatic heterocycles. The van der Waals surface area contributed by atoms with E-state index < -0.39 is 16.1 Å². The molecule has 0 unspecified atom stereocenters. The largest absolute Gasteiger partial charge is 0.481 e. The van der Waals surface area contributed by atoms with Gasteiger partial charge in [-0.05, 0) is 80.4 Å². The highest BCUT2D eigenvalue weighted by atomic mass is 32.2. The zero-order valence-electron chi connectivity index (χ0n) is 19.3. The number of hydrogen-bond acceptors (Lipinski definition) is 6. The van der Waals surface area contributed by atoms with Gasteiger partial charge in [0.05, 0.1) is 11.2 Å². The molecule has 0 spiro atoms. The number of ether oxygens (including phenoxy) is 1. The van der Waals surface area contributed by atoms with E-state index in [1.54, 1.807) is 55.5 Å². The second kappa shape index (κ2) is 10.7. The molecule has 0 radical (unpaired) electrons. The molecular formula is C25H27N3O6S. The molecule has 0 bridgehead atoms. The molecule has 2 aromatic carbocycles. The first-order valence-corrected chi connectivity index (χ1v) is 12.8. The number of benzene rings is 2. The number of amides is 2. The Bertz CT molecular complexity index is 1250. The van der Waals surface area contributed by atoms with Crippen LogP contribution in [-0.2, 0) is 14.8 Å². The van der Waals surface area contributed by atoms with Gasteiger partial charge >= 0.3 is 0 Å². The van der Waals surface area contributed by atoms with Crippen LogP contribution in [0.5, 0.6) is 5.75 Å². The summed E-state index contributed by atoms with van der Waals surface area (Å²) in [6.07, 6.45) is 3.39. The average molecular weight is 498 g/mol. The van der Waals surface area contributed by atoms with Crippen LogP contribution in [0.3, 0.4) is 0 Å². The molecule has 35 heavy (non-hydrogen) atoms. The van der Waals surface area contributed by atoms with Crippen LogP contribution in [0.4, 0.5) is 11.4 Å². The van der Waals surface area contributed by atoms with Gasteiger partial charge in [-0.2, -0.15) is 4.31 Å². The molecule has 1 saturated heterocycles. The Morgan fingerprint density at radius 2 is 1.54 bits per heavy atom. The third-order valence-electron chi connectivity index (χ3n) is 5.61. The maximum atomic E-state index is 12.8. The van der Waals surface area contributed by atoms with Gasteiger partial charge in [0.1, 0.15) is 5.75 Å². The highest BCUT2D eigenvalue weighted by Gasteiger charge is 2.26. The lowest BCUT2D eigenvalue weighted by molar-refractivity contribution is -0.122. The van der Waals surface area contributed by atoms with Gasteiger partial charge in [0, 0.05) is 24.5 Å². The molecule has 10 heteroatoms. The third kappa shape index (κ3) is 6.09. The van der Waals surface area contributed by atoms with E-state index in [-0.39, 0.29) is 22.5 Å². The fourth-order valence-corrected chi connectivity index (χ4v) is 5.20. The van der Waals surface area contributed by atoms with Gasteiger partial charge < -0.3 is 19.8 Å². The predicted molar refractivity (Wildman–Crippen MR) is 131 cm³/mol. The highest BCUT2D eigenvalue weighted by molar-refractivity contribution is 7.89. The Labute approximate surface area is 204 Å². The molecule has 2 N–H and O–H groups in total. The van der Waals surface area contributed by atoms with Crippen molar-refractivity contribution in [3.05, 3.63) is 72.7 Å². The number of anilines is 2. The molecule has 4 rings (SSSR count). The molecule has 1 aliphatic rings.